The highest BCUT2D eigenvalue weighted by Gasteiger charge is 2.19. The number of carboxylic acids is 1. The van der Waals surface area contributed by atoms with Gasteiger partial charge in [-0.3, -0.25) is 4.79 Å². The largest absolute Gasteiger partial charge is 0.481 e. The minimum absolute atomic E-state index is 0.0533. The van der Waals surface area contributed by atoms with E-state index >= 15 is 0 Å². The molecule has 0 saturated heterocycles. The summed E-state index contributed by atoms with van der Waals surface area (Å²) < 4.78 is 0. The summed E-state index contributed by atoms with van der Waals surface area (Å²) in [6.45, 7) is 7.51. The van der Waals surface area contributed by atoms with E-state index in [1.165, 1.54) is 0 Å². The molecule has 0 saturated carbocycles. The Morgan fingerprint density at radius 2 is 1.89 bits per heavy atom. The number of aliphatic carboxylic acids is 1. The fourth-order valence-corrected chi connectivity index (χ4v) is 1.71. The van der Waals surface area contributed by atoms with E-state index in [9.17, 15) is 9.59 Å². The lowest BCUT2D eigenvalue weighted by Crippen LogP contribution is -2.39. The van der Waals surface area contributed by atoms with Crippen molar-refractivity contribution in [3.63, 3.8) is 0 Å². The average molecular weight is 272 g/mol. The molecule has 2 amide bonds. The molecular formula is C14H28N2O3. The van der Waals surface area contributed by atoms with E-state index in [0.717, 1.165) is 25.8 Å². The lowest BCUT2D eigenvalue weighted by molar-refractivity contribution is -0.137. The van der Waals surface area contributed by atoms with Gasteiger partial charge >= 0.3 is 12.0 Å². The Hall–Kier alpha value is -1.26. The molecule has 0 spiro atoms. The fraction of sp³-hybridized carbons (Fsp3) is 0.857. The van der Waals surface area contributed by atoms with Crippen LogP contribution in [-0.4, -0.2) is 42.1 Å². The summed E-state index contributed by atoms with van der Waals surface area (Å²) in [4.78, 5) is 24.0. The molecule has 0 aromatic heterocycles. The normalized spacial score (nSPS) is 11.2. The number of unbranched alkanes of at least 4 members (excludes halogenated alkanes) is 1. The molecule has 0 unspecified atom stereocenters. The Balaban J connectivity index is 3.87. The molecule has 5 nitrogen and oxygen atoms in total. The Morgan fingerprint density at radius 3 is 2.42 bits per heavy atom. The van der Waals surface area contributed by atoms with Crippen LogP contribution in [0.3, 0.4) is 0 Å². The smallest absolute Gasteiger partial charge is 0.317 e. The molecule has 0 aromatic carbocycles. The van der Waals surface area contributed by atoms with Crippen LogP contribution in [0.4, 0.5) is 4.79 Å². The number of carbonyl (C=O) groups is 2. The van der Waals surface area contributed by atoms with Crippen molar-refractivity contribution in [3.05, 3.63) is 0 Å². The van der Waals surface area contributed by atoms with Gasteiger partial charge in [-0.05, 0) is 24.7 Å². The van der Waals surface area contributed by atoms with Crippen LogP contribution in [0, 0.1) is 5.41 Å². The first-order valence-electron chi connectivity index (χ1n) is 6.99. The van der Waals surface area contributed by atoms with Gasteiger partial charge in [0.2, 0.25) is 0 Å². The number of rotatable bonds is 9. The lowest BCUT2D eigenvalue weighted by Gasteiger charge is -2.25. The highest BCUT2D eigenvalue weighted by molar-refractivity contribution is 5.73. The van der Waals surface area contributed by atoms with E-state index < -0.39 is 5.97 Å². The molecule has 112 valence electrons. The van der Waals surface area contributed by atoms with Crippen molar-refractivity contribution in [1.82, 2.24) is 10.2 Å². The van der Waals surface area contributed by atoms with Gasteiger partial charge in [0.05, 0.1) is 0 Å². The number of carbonyl (C=O) groups excluding carboxylic acids is 1. The second-order valence-corrected chi connectivity index (χ2v) is 5.81. The van der Waals surface area contributed by atoms with E-state index in [-0.39, 0.29) is 17.9 Å². The maximum Gasteiger partial charge on any atom is 0.317 e. The average Bonchev–Trinajstić information content (AvgIpc) is 2.33. The summed E-state index contributed by atoms with van der Waals surface area (Å²) in [6.07, 6.45) is 3.67. The van der Waals surface area contributed by atoms with Crippen LogP contribution in [0.25, 0.3) is 0 Å². The fourth-order valence-electron chi connectivity index (χ4n) is 1.71. The monoisotopic (exact) mass is 272 g/mol. The van der Waals surface area contributed by atoms with Gasteiger partial charge in [0.1, 0.15) is 0 Å². The minimum atomic E-state index is -0.767. The van der Waals surface area contributed by atoms with Crippen LogP contribution in [0.2, 0.25) is 0 Å². The van der Waals surface area contributed by atoms with Crippen molar-refractivity contribution in [1.29, 1.82) is 0 Å². The maximum absolute atomic E-state index is 11.7. The molecule has 0 atom stereocenters. The van der Waals surface area contributed by atoms with Crippen LogP contribution < -0.4 is 5.32 Å². The standard InChI is InChI=1S/C14H28N2O3/c1-5-6-11-16(4)13(19)15-10-9-14(2,3)8-7-12(17)18/h5-11H2,1-4H3,(H,15,19)(H,17,18). The van der Waals surface area contributed by atoms with Crippen molar-refractivity contribution < 1.29 is 14.7 Å². The van der Waals surface area contributed by atoms with E-state index in [2.05, 4.69) is 12.2 Å². The van der Waals surface area contributed by atoms with E-state index in [4.69, 9.17) is 5.11 Å². The molecule has 0 aromatic rings. The van der Waals surface area contributed by atoms with E-state index in [1.807, 2.05) is 13.8 Å². The first-order chi connectivity index (χ1) is 8.78. The number of hydrogen-bond donors (Lipinski definition) is 2. The maximum atomic E-state index is 11.7. The number of urea groups is 1. The zero-order valence-electron chi connectivity index (χ0n) is 12.7. The lowest BCUT2D eigenvalue weighted by atomic mass is 9.84. The van der Waals surface area contributed by atoms with Gasteiger partial charge in [0, 0.05) is 26.6 Å². The minimum Gasteiger partial charge on any atom is -0.481 e. The molecule has 0 aliphatic rings. The zero-order chi connectivity index (χ0) is 14.9. The quantitative estimate of drug-likeness (QED) is 0.678. The molecular weight excluding hydrogens is 244 g/mol. The highest BCUT2D eigenvalue weighted by Crippen LogP contribution is 2.25. The van der Waals surface area contributed by atoms with Crippen molar-refractivity contribution >= 4 is 12.0 Å². The highest BCUT2D eigenvalue weighted by atomic mass is 16.4. The van der Waals surface area contributed by atoms with Crippen LogP contribution in [0.15, 0.2) is 0 Å². The summed E-state index contributed by atoms with van der Waals surface area (Å²) in [7, 11) is 1.79. The third-order valence-electron chi connectivity index (χ3n) is 3.29. The number of hydrogen-bond acceptors (Lipinski definition) is 2. The Morgan fingerprint density at radius 1 is 1.26 bits per heavy atom. The predicted molar refractivity (Wildman–Crippen MR) is 76.2 cm³/mol. The summed E-state index contributed by atoms with van der Waals surface area (Å²) in [5, 5.41) is 11.5. The first-order valence-corrected chi connectivity index (χ1v) is 6.99. The molecule has 0 aliphatic carbocycles. The first kappa shape index (κ1) is 17.7. The van der Waals surface area contributed by atoms with Crippen molar-refractivity contribution in [2.75, 3.05) is 20.1 Å². The van der Waals surface area contributed by atoms with Gasteiger partial charge in [-0.25, -0.2) is 4.79 Å². The van der Waals surface area contributed by atoms with E-state index in [1.54, 1.807) is 11.9 Å². The summed E-state index contributed by atoms with van der Waals surface area (Å²) in [5.41, 5.74) is -0.0618. The number of carboxylic acid groups (broad SMARTS) is 1. The van der Waals surface area contributed by atoms with Gasteiger partial charge in [-0.15, -0.1) is 0 Å². The third-order valence-corrected chi connectivity index (χ3v) is 3.29. The topological polar surface area (TPSA) is 69.6 Å². The molecule has 19 heavy (non-hydrogen) atoms. The SMILES string of the molecule is CCCCN(C)C(=O)NCCC(C)(C)CCC(=O)O. The third kappa shape index (κ3) is 9.33. The van der Waals surface area contributed by atoms with Crippen LogP contribution in [-0.2, 0) is 4.79 Å². The Bertz CT molecular complexity index is 290. The Labute approximate surface area is 116 Å². The van der Waals surface area contributed by atoms with Gasteiger partial charge in [-0.2, -0.15) is 0 Å². The van der Waals surface area contributed by atoms with E-state index in [0.29, 0.717) is 13.0 Å². The van der Waals surface area contributed by atoms with Crippen LogP contribution in [0.5, 0.6) is 0 Å². The molecule has 2 N–H and O–H groups in total. The predicted octanol–water partition coefficient (Wildman–Crippen LogP) is 2.71. The molecule has 0 radical (unpaired) electrons. The molecule has 0 heterocycles. The van der Waals surface area contributed by atoms with Crippen molar-refractivity contribution in [2.45, 2.75) is 52.9 Å². The molecule has 0 rings (SSSR count). The molecule has 5 heteroatoms. The Kier molecular flexibility index (Phi) is 8.19. The number of nitrogens with zero attached hydrogens (tertiary/aromatic N) is 1. The summed E-state index contributed by atoms with van der Waals surface area (Å²) in [5.74, 6) is -0.767. The second-order valence-electron chi connectivity index (χ2n) is 5.81. The molecule has 0 aliphatic heterocycles. The number of amides is 2. The van der Waals surface area contributed by atoms with Crippen LogP contribution >= 0.6 is 0 Å². The second kappa shape index (κ2) is 8.77. The van der Waals surface area contributed by atoms with Crippen molar-refractivity contribution in [3.8, 4) is 0 Å². The number of nitrogens with one attached hydrogen (secondary N) is 1. The zero-order valence-corrected chi connectivity index (χ0v) is 12.7. The van der Waals surface area contributed by atoms with Crippen molar-refractivity contribution in [2.24, 2.45) is 5.41 Å². The molecule has 0 fully saturated rings. The van der Waals surface area contributed by atoms with Gasteiger partial charge in [0.25, 0.3) is 0 Å². The van der Waals surface area contributed by atoms with Crippen LogP contribution in [0.1, 0.15) is 52.9 Å². The van der Waals surface area contributed by atoms with Gasteiger partial charge in [-0.1, -0.05) is 27.2 Å². The molecule has 0 bridgehead atoms. The van der Waals surface area contributed by atoms with Gasteiger partial charge < -0.3 is 15.3 Å². The summed E-state index contributed by atoms with van der Waals surface area (Å²) >= 11 is 0. The van der Waals surface area contributed by atoms with Gasteiger partial charge in [0.15, 0.2) is 0 Å². The summed E-state index contributed by atoms with van der Waals surface area (Å²) in [6, 6.07) is -0.0533.